The summed E-state index contributed by atoms with van der Waals surface area (Å²) in [7, 11) is 1.58. The van der Waals surface area contributed by atoms with E-state index in [1.807, 2.05) is 13.0 Å². The molecule has 6 heteroatoms. The molecule has 0 aliphatic carbocycles. The van der Waals surface area contributed by atoms with Crippen LogP contribution in [0.3, 0.4) is 0 Å². The fraction of sp³-hybridized carbons (Fsp3) is 0.409. The molecule has 1 N–H and O–H groups in total. The Kier molecular flexibility index (Phi) is 7.31. The van der Waals surface area contributed by atoms with Crippen molar-refractivity contribution in [1.29, 1.82) is 0 Å². The SMILES string of the molecule is COc1ccc(Cl)cc1NC(=O)C(C)N1CCCN(Cc2ccccc2)CC1. The van der Waals surface area contributed by atoms with E-state index in [2.05, 4.69) is 39.4 Å². The normalized spacial score (nSPS) is 17.0. The Morgan fingerprint density at radius 2 is 1.93 bits per heavy atom. The van der Waals surface area contributed by atoms with Gasteiger partial charge in [-0.05, 0) is 43.7 Å². The van der Waals surface area contributed by atoms with Crippen LogP contribution < -0.4 is 10.1 Å². The number of hydrogen-bond acceptors (Lipinski definition) is 4. The number of carbonyl (C=O) groups is 1. The molecule has 1 aliphatic heterocycles. The van der Waals surface area contributed by atoms with Crippen molar-refractivity contribution in [1.82, 2.24) is 9.80 Å². The average molecular weight is 402 g/mol. The lowest BCUT2D eigenvalue weighted by Crippen LogP contribution is -2.43. The van der Waals surface area contributed by atoms with Gasteiger partial charge in [0.2, 0.25) is 5.91 Å². The van der Waals surface area contributed by atoms with Crippen LogP contribution in [0.1, 0.15) is 18.9 Å². The van der Waals surface area contributed by atoms with E-state index in [9.17, 15) is 4.79 Å². The third-order valence-corrected chi connectivity index (χ3v) is 5.45. The first-order valence-corrected chi connectivity index (χ1v) is 10.1. The van der Waals surface area contributed by atoms with Crippen LogP contribution in [0.15, 0.2) is 48.5 Å². The first-order chi connectivity index (χ1) is 13.6. The van der Waals surface area contributed by atoms with E-state index in [0.717, 1.165) is 39.1 Å². The lowest BCUT2D eigenvalue weighted by atomic mass is 10.2. The Balaban J connectivity index is 1.57. The lowest BCUT2D eigenvalue weighted by molar-refractivity contribution is -0.120. The number of nitrogens with zero attached hydrogens (tertiary/aromatic N) is 2. The van der Waals surface area contributed by atoms with Gasteiger partial charge in [-0.3, -0.25) is 14.6 Å². The van der Waals surface area contributed by atoms with Crippen molar-refractivity contribution in [3.63, 3.8) is 0 Å². The molecule has 150 valence electrons. The third-order valence-electron chi connectivity index (χ3n) is 5.22. The van der Waals surface area contributed by atoms with Gasteiger partial charge in [-0.25, -0.2) is 0 Å². The maximum atomic E-state index is 12.8. The standard InChI is InChI=1S/C22H28ClN3O2/c1-17(22(27)24-20-15-19(23)9-10-21(20)28-2)26-12-6-11-25(13-14-26)16-18-7-4-3-5-8-18/h3-5,7-10,15,17H,6,11-14,16H2,1-2H3,(H,24,27). The van der Waals surface area contributed by atoms with Crippen molar-refractivity contribution in [3.8, 4) is 5.75 Å². The quantitative estimate of drug-likeness (QED) is 0.797. The number of hydrogen-bond donors (Lipinski definition) is 1. The van der Waals surface area contributed by atoms with Gasteiger partial charge in [0.25, 0.3) is 0 Å². The fourth-order valence-corrected chi connectivity index (χ4v) is 3.73. The minimum absolute atomic E-state index is 0.0444. The number of methoxy groups -OCH3 is 1. The van der Waals surface area contributed by atoms with Gasteiger partial charge in [-0.1, -0.05) is 41.9 Å². The Bertz CT molecular complexity index is 785. The van der Waals surface area contributed by atoms with Crippen LogP contribution in [-0.2, 0) is 11.3 Å². The summed E-state index contributed by atoms with van der Waals surface area (Å²) < 4.78 is 5.32. The summed E-state index contributed by atoms with van der Waals surface area (Å²) in [5.74, 6) is 0.562. The molecule has 2 aromatic rings. The average Bonchev–Trinajstić information content (AvgIpc) is 2.94. The van der Waals surface area contributed by atoms with Crippen LogP contribution in [0.25, 0.3) is 0 Å². The van der Waals surface area contributed by atoms with Crippen LogP contribution in [0.4, 0.5) is 5.69 Å². The number of nitrogens with one attached hydrogen (secondary N) is 1. The van der Waals surface area contributed by atoms with E-state index in [-0.39, 0.29) is 11.9 Å². The second-order valence-corrected chi connectivity index (χ2v) is 7.60. The summed E-state index contributed by atoms with van der Waals surface area (Å²) in [4.78, 5) is 17.5. The highest BCUT2D eigenvalue weighted by Gasteiger charge is 2.24. The molecule has 28 heavy (non-hydrogen) atoms. The summed E-state index contributed by atoms with van der Waals surface area (Å²) in [5, 5.41) is 3.53. The van der Waals surface area contributed by atoms with Crippen molar-refractivity contribution in [3.05, 3.63) is 59.1 Å². The van der Waals surface area contributed by atoms with Gasteiger partial charge in [0.05, 0.1) is 18.8 Å². The van der Waals surface area contributed by atoms with E-state index in [0.29, 0.717) is 16.5 Å². The maximum Gasteiger partial charge on any atom is 0.241 e. The molecular formula is C22H28ClN3O2. The van der Waals surface area contributed by atoms with Crippen molar-refractivity contribution in [2.45, 2.75) is 25.9 Å². The molecule has 1 atom stereocenters. The zero-order valence-electron chi connectivity index (χ0n) is 16.5. The van der Waals surface area contributed by atoms with Crippen LogP contribution in [0, 0.1) is 0 Å². The van der Waals surface area contributed by atoms with Gasteiger partial charge in [-0.15, -0.1) is 0 Å². The Labute approximate surface area is 172 Å². The number of halogens is 1. The fourth-order valence-electron chi connectivity index (χ4n) is 3.56. The first-order valence-electron chi connectivity index (χ1n) is 9.71. The predicted molar refractivity (Wildman–Crippen MR) is 114 cm³/mol. The van der Waals surface area contributed by atoms with Gasteiger partial charge >= 0.3 is 0 Å². The second kappa shape index (κ2) is 9.92. The molecule has 1 saturated heterocycles. The minimum atomic E-state index is -0.222. The van der Waals surface area contributed by atoms with Gasteiger partial charge in [0, 0.05) is 31.2 Å². The van der Waals surface area contributed by atoms with E-state index in [1.54, 1.807) is 25.3 Å². The largest absolute Gasteiger partial charge is 0.495 e. The molecule has 0 radical (unpaired) electrons. The molecule has 1 aliphatic rings. The summed E-state index contributed by atoms with van der Waals surface area (Å²) in [6, 6.07) is 15.5. The highest BCUT2D eigenvalue weighted by Crippen LogP contribution is 2.28. The van der Waals surface area contributed by atoms with Gasteiger partial charge < -0.3 is 10.1 Å². The molecule has 1 unspecified atom stereocenters. The Morgan fingerprint density at radius 1 is 1.14 bits per heavy atom. The number of anilines is 1. The number of ether oxygens (including phenoxy) is 1. The summed E-state index contributed by atoms with van der Waals surface area (Å²) in [6.07, 6.45) is 1.05. The minimum Gasteiger partial charge on any atom is -0.495 e. The lowest BCUT2D eigenvalue weighted by Gasteiger charge is -2.27. The van der Waals surface area contributed by atoms with Crippen LogP contribution in [0.5, 0.6) is 5.75 Å². The second-order valence-electron chi connectivity index (χ2n) is 7.16. The van der Waals surface area contributed by atoms with Crippen molar-refractivity contribution in [2.75, 3.05) is 38.6 Å². The monoisotopic (exact) mass is 401 g/mol. The molecule has 1 heterocycles. The van der Waals surface area contributed by atoms with E-state index >= 15 is 0 Å². The highest BCUT2D eigenvalue weighted by atomic mass is 35.5. The Morgan fingerprint density at radius 3 is 2.68 bits per heavy atom. The smallest absolute Gasteiger partial charge is 0.241 e. The van der Waals surface area contributed by atoms with Crippen LogP contribution >= 0.6 is 11.6 Å². The van der Waals surface area contributed by atoms with E-state index < -0.39 is 0 Å². The van der Waals surface area contributed by atoms with Gasteiger partial charge in [-0.2, -0.15) is 0 Å². The summed E-state index contributed by atoms with van der Waals surface area (Å²) in [5.41, 5.74) is 1.93. The van der Waals surface area contributed by atoms with Crippen molar-refractivity contribution >= 4 is 23.2 Å². The first kappa shape index (κ1) is 20.6. The molecule has 0 saturated carbocycles. The number of rotatable bonds is 6. The van der Waals surface area contributed by atoms with Crippen LogP contribution in [-0.4, -0.2) is 55.0 Å². The molecule has 2 aromatic carbocycles. The van der Waals surface area contributed by atoms with E-state index in [4.69, 9.17) is 16.3 Å². The van der Waals surface area contributed by atoms with Gasteiger partial charge in [0.1, 0.15) is 5.75 Å². The van der Waals surface area contributed by atoms with Crippen molar-refractivity contribution in [2.24, 2.45) is 0 Å². The molecular weight excluding hydrogens is 374 g/mol. The topological polar surface area (TPSA) is 44.8 Å². The van der Waals surface area contributed by atoms with Gasteiger partial charge in [0.15, 0.2) is 0 Å². The molecule has 1 amide bonds. The molecule has 1 fully saturated rings. The number of carbonyl (C=O) groups excluding carboxylic acids is 1. The number of benzene rings is 2. The molecule has 0 aromatic heterocycles. The predicted octanol–water partition coefficient (Wildman–Crippen LogP) is 3.88. The highest BCUT2D eigenvalue weighted by molar-refractivity contribution is 6.31. The van der Waals surface area contributed by atoms with Crippen LogP contribution in [0.2, 0.25) is 5.02 Å². The summed E-state index contributed by atoms with van der Waals surface area (Å²) in [6.45, 7) is 6.68. The third kappa shape index (κ3) is 5.47. The molecule has 0 spiro atoms. The molecule has 3 rings (SSSR count). The Hall–Kier alpha value is -2.08. The molecule has 5 nitrogen and oxygen atoms in total. The van der Waals surface area contributed by atoms with E-state index in [1.165, 1.54) is 5.56 Å². The maximum absolute atomic E-state index is 12.8. The summed E-state index contributed by atoms with van der Waals surface area (Å²) >= 11 is 6.07. The number of amides is 1. The molecule has 0 bridgehead atoms. The van der Waals surface area contributed by atoms with Crippen molar-refractivity contribution < 1.29 is 9.53 Å². The zero-order chi connectivity index (χ0) is 19.9. The zero-order valence-corrected chi connectivity index (χ0v) is 17.3.